The first-order valence-corrected chi connectivity index (χ1v) is 10.7. The summed E-state index contributed by atoms with van der Waals surface area (Å²) < 4.78 is 11.3. The predicted molar refractivity (Wildman–Crippen MR) is 118 cm³/mol. The molecule has 30 heavy (non-hydrogen) atoms. The molecule has 0 spiro atoms. The highest BCUT2D eigenvalue weighted by Gasteiger charge is 2.42. The minimum Gasteiger partial charge on any atom is -0.458 e. The van der Waals surface area contributed by atoms with Crippen LogP contribution in [0.1, 0.15) is 56.0 Å². The topological polar surface area (TPSA) is 56.5 Å². The largest absolute Gasteiger partial charge is 0.458 e. The molecule has 3 aromatic rings. The molecule has 1 aliphatic rings. The molecule has 0 saturated heterocycles. The van der Waals surface area contributed by atoms with Crippen LogP contribution in [0.5, 0.6) is 0 Å². The second-order valence-electron chi connectivity index (χ2n) is 9.04. The summed E-state index contributed by atoms with van der Waals surface area (Å²) in [5, 5.41) is 0.710. The molecular weight excluding hydrogens is 376 g/mol. The van der Waals surface area contributed by atoms with E-state index in [1.54, 1.807) is 18.2 Å². The molecule has 1 saturated carbocycles. The first-order valence-electron chi connectivity index (χ1n) is 10.7. The lowest BCUT2D eigenvalue weighted by Gasteiger charge is -2.43. The molecule has 1 aliphatic carbocycles. The molecule has 3 atom stereocenters. The highest BCUT2D eigenvalue weighted by atomic mass is 16.5. The Kier molecular flexibility index (Phi) is 5.50. The third-order valence-electron chi connectivity index (χ3n) is 6.62. The van der Waals surface area contributed by atoms with Gasteiger partial charge in [-0.3, -0.25) is 0 Å². The average Bonchev–Trinajstić information content (AvgIpc) is 2.73. The summed E-state index contributed by atoms with van der Waals surface area (Å²) in [5.41, 5.74) is 0.856. The molecular formula is C26H28O4. The molecule has 0 bridgehead atoms. The molecule has 0 aliphatic heterocycles. The highest BCUT2D eigenvalue weighted by Crippen LogP contribution is 2.43. The zero-order chi connectivity index (χ0) is 21.3. The maximum absolute atomic E-state index is 13.0. The number of esters is 1. The van der Waals surface area contributed by atoms with Crippen molar-refractivity contribution in [3.63, 3.8) is 0 Å². The van der Waals surface area contributed by atoms with Gasteiger partial charge in [0.1, 0.15) is 17.3 Å². The third kappa shape index (κ3) is 3.91. The van der Waals surface area contributed by atoms with Crippen LogP contribution in [0.15, 0.2) is 69.9 Å². The van der Waals surface area contributed by atoms with E-state index in [9.17, 15) is 9.59 Å². The van der Waals surface area contributed by atoms with E-state index in [0.717, 1.165) is 19.3 Å². The molecule has 0 amide bonds. The second-order valence-corrected chi connectivity index (χ2v) is 9.04. The van der Waals surface area contributed by atoms with Gasteiger partial charge in [-0.25, -0.2) is 9.59 Å². The van der Waals surface area contributed by atoms with Crippen LogP contribution >= 0.6 is 0 Å². The molecule has 156 valence electrons. The zero-order valence-corrected chi connectivity index (χ0v) is 17.8. The fourth-order valence-electron chi connectivity index (χ4n) is 4.77. The van der Waals surface area contributed by atoms with Crippen molar-refractivity contribution in [3.8, 4) is 0 Å². The Labute approximate surface area is 176 Å². The van der Waals surface area contributed by atoms with Crippen molar-refractivity contribution in [2.24, 2.45) is 11.8 Å². The number of hydrogen-bond donors (Lipinski definition) is 0. The predicted octanol–water partition coefficient (Wildman–Crippen LogP) is 5.73. The lowest BCUT2D eigenvalue weighted by atomic mass is 9.64. The van der Waals surface area contributed by atoms with Gasteiger partial charge in [0.25, 0.3) is 0 Å². The van der Waals surface area contributed by atoms with Gasteiger partial charge < -0.3 is 9.15 Å². The first kappa shape index (κ1) is 20.4. The van der Waals surface area contributed by atoms with E-state index in [1.165, 1.54) is 5.56 Å². The van der Waals surface area contributed by atoms with Gasteiger partial charge in [-0.1, -0.05) is 75.7 Å². The smallest absolute Gasteiger partial charge is 0.351 e. The van der Waals surface area contributed by atoms with Gasteiger partial charge in [0.15, 0.2) is 0 Å². The van der Waals surface area contributed by atoms with Crippen LogP contribution in [-0.4, -0.2) is 12.1 Å². The van der Waals surface area contributed by atoms with E-state index < -0.39 is 11.6 Å². The number of hydrogen-bond acceptors (Lipinski definition) is 4. The molecule has 0 radical (unpaired) electrons. The van der Waals surface area contributed by atoms with Crippen molar-refractivity contribution in [2.45, 2.75) is 51.6 Å². The van der Waals surface area contributed by atoms with Gasteiger partial charge in [0.05, 0.1) is 0 Å². The van der Waals surface area contributed by atoms with Crippen molar-refractivity contribution in [1.82, 2.24) is 0 Å². The lowest BCUT2D eigenvalue weighted by Crippen LogP contribution is -2.43. The van der Waals surface area contributed by atoms with Crippen LogP contribution in [0.3, 0.4) is 0 Å². The SMILES string of the molecule is CC1CCC(C(C)(C)c2ccccc2)C(OC(=O)c2cc3ccccc3oc2=O)C1. The van der Waals surface area contributed by atoms with Gasteiger partial charge in [-0.05, 0) is 41.9 Å². The van der Waals surface area contributed by atoms with E-state index in [2.05, 4.69) is 32.9 Å². The standard InChI is InChI=1S/C26H28O4/c1-17-13-14-21(26(2,3)19-10-5-4-6-11-19)23(15-17)30-25(28)20-16-18-9-7-8-12-22(18)29-24(20)27/h4-12,16-17,21,23H,13-15H2,1-3H3. The van der Waals surface area contributed by atoms with Gasteiger partial charge in [-0.2, -0.15) is 0 Å². The quantitative estimate of drug-likeness (QED) is 0.411. The van der Waals surface area contributed by atoms with Crippen LogP contribution in [0, 0.1) is 11.8 Å². The van der Waals surface area contributed by atoms with Crippen LogP contribution < -0.4 is 5.63 Å². The van der Waals surface area contributed by atoms with Crippen molar-refractivity contribution in [3.05, 3.63) is 82.2 Å². The van der Waals surface area contributed by atoms with Gasteiger partial charge >= 0.3 is 11.6 Å². The molecule has 0 N–H and O–H groups in total. The molecule has 1 fully saturated rings. The molecule has 1 aromatic heterocycles. The van der Waals surface area contributed by atoms with Gasteiger partial charge in [-0.15, -0.1) is 0 Å². The maximum Gasteiger partial charge on any atom is 0.351 e. The summed E-state index contributed by atoms with van der Waals surface area (Å²) in [6.07, 6.45) is 2.63. The number of fused-ring (bicyclic) bond motifs is 1. The average molecular weight is 405 g/mol. The van der Waals surface area contributed by atoms with Crippen molar-refractivity contribution < 1.29 is 13.9 Å². The van der Waals surface area contributed by atoms with Crippen molar-refractivity contribution in [2.75, 3.05) is 0 Å². The number of benzene rings is 2. The van der Waals surface area contributed by atoms with E-state index in [4.69, 9.17) is 9.15 Å². The number of carbonyl (C=O) groups is 1. The summed E-state index contributed by atoms with van der Waals surface area (Å²) in [6.45, 7) is 6.62. The Hall–Kier alpha value is -2.88. The van der Waals surface area contributed by atoms with Gasteiger partial charge in [0, 0.05) is 11.3 Å². The molecule has 2 aromatic carbocycles. The first-order chi connectivity index (χ1) is 14.4. The fraction of sp³-hybridized carbons (Fsp3) is 0.385. The van der Waals surface area contributed by atoms with E-state index in [1.807, 2.05) is 30.3 Å². The summed E-state index contributed by atoms with van der Waals surface area (Å²) >= 11 is 0. The normalized spacial score (nSPS) is 22.0. The van der Waals surface area contributed by atoms with Crippen molar-refractivity contribution >= 4 is 16.9 Å². The summed E-state index contributed by atoms with van der Waals surface area (Å²) in [7, 11) is 0. The Morgan fingerprint density at radius 3 is 2.50 bits per heavy atom. The maximum atomic E-state index is 13.0. The molecule has 1 heterocycles. The molecule has 3 unspecified atom stereocenters. The van der Waals surface area contributed by atoms with Crippen LogP contribution in [0.4, 0.5) is 0 Å². The molecule has 4 heteroatoms. The zero-order valence-electron chi connectivity index (χ0n) is 17.8. The van der Waals surface area contributed by atoms with E-state index in [-0.39, 0.29) is 23.0 Å². The van der Waals surface area contributed by atoms with Crippen LogP contribution in [0.25, 0.3) is 11.0 Å². The number of carbonyl (C=O) groups excluding carboxylic acids is 1. The number of para-hydroxylation sites is 1. The van der Waals surface area contributed by atoms with E-state index >= 15 is 0 Å². The third-order valence-corrected chi connectivity index (χ3v) is 6.62. The lowest BCUT2D eigenvalue weighted by molar-refractivity contribution is -0.0239. The van der Waals surface area contributed by atoms with Gasteiger partial charge in [0.2, 0.25) is 0 Å². The molecule has 4 rings (SSSR count). The Bertz CT molecular complexity index is 1100. The minimum atomic E-state index is -0.651. The number of ether oxygens (including phenoxy) is 1. The summed E-state index contributed by atoms with van der Waals surface area (Å²) in [5.74, 6) is 0.0497. The second kappa shape index (κ2) is 8.10. The molecule has 4 nitrogen and oxygen atoms in total. The fourth-order valence-corrected chi connectivity index (χ4v) is 4.77. The Balaban J connectivity index is 1.63. The minimum absolute atomic E-state index is 0.0387. The highest BCUT2D eigenvalue weighted by molar-refractivity contribution is 5.92. The summed E-state index contributed by atoms with van der Waals surface area (Å²) in [4.78, 5) is 25.4. The van der Waals surface area contributed by atoms with E-state index in [0.29, 0.717) is 16.9 Å². The Morgan fingerprint density at radius 1 is 1.03 bits per heavy atom. The van der Waals surface area contributed by atoms with Crippen molar-refractivity contribution in [1.29, 1.82) is 0 Å². The summed E-state index contributed by atoms with van der Waals surface area (Å²) in [6, 6.07) is 19.1. The monoisotopic (exact) mass is 404 g/mol. The Morgan fingerprint density at radius 2 is 1.73 bits per heavy atom. The number of rotatable bonds is 4. The van der Waals surface area contributed by atoms with Crippen LogP contribution in [0.2, 0.25) is 0 Å². The van der Waals surface area contributed by atoms with Crippen LogP contribution in [-0.2, 0) is 10.2 Å².